The van der Waals surface area contributed by atoms with Crippen LogP contribution in [0.5, 0.6) is 0 Å². The van der Waals surface area contributed by atoms with E-state index in [2.05, 4.69) is 32.5 Å². The maximum Gasteiger partial charge on any atom is 0.223 e. The van der Waals surface area contributed by atoms with Crippen LogP contribution in [0.15, 0.2) is 6.07 Å². The van der Waals surface area contributed by atoms with Gasteiger partial charge in [0.05, 0.1) is 0 Å². The van der Waals surface area contributed by atoms with E-state index in [1.807, 2.05) is 13.1 Å². The van der Waals surface area contributed by atoms with Gasteiger partial charge in [-0.05, 0) is 26.4 Å². The number of piperidine rings is 1. The molecule has 2 rings (SSSR count). The molecule has 1 saturated heterocycles. The third-order valence-corrected chi connectivity index (χ3v) is 3.44. The molecule has 0 bridgehead atoms. The van der Waals surface area contributed by atoms with Crippen molar-refractivity contribution in [3.63, 3.8) is 0 Å². The molecule has 0 spiro atoms. The molecule has 1 atom stereocenters. The quantitative estimate of drug-likeness (QED) is 0.740. The summed E-state index contributed by atoms with van der Waals surface area (Å²) >= 11 is 0. The molecule has 1 aliphatic rings. The number of nitrogens with two attached hydrogens (primary N) is 1. The van der Waals surface area contributed by atoms with Crippen LogP contribution in [0.25, 0.3) is 0 Å². The molecule has 1 aromatic heterocycles. The second-order valence-corrected chi connectivity index (χ2v) is 4.76. The predicted molar refractivity (Wildman–Crippen MR) is 74.7 cm³/mol. The van der Waals surface area contributed by atoms with E-state index in [0.29, 0.717) is 12.0 Å². The number of anilines is 3. The third kappa shape index (κ3) is 3.22. The van der Waals surface area contributed by atoms with Gasteiger partial charge in [0.1, 0.15) is 11.6 Å². The zero-order valence-electron chi connectivity index (χ0n) is 11.1. The molecule has 0 aliphatic carbocycles. The highest BCUT2D eigenvalue weighted by atomic mass is 15.2. The summed E-state index contributed by atoms with van der Waals surface area (Å²) in [5, 5.41) is 6.32. The van der Waals surface area contributed by atoms with Crippen LogP contribution in [-0.4, -0.2) is 48.1 Å². The average molecular weight is 250 g/mol. The van der Waals surface area contributed by atoms with Crippen molar-refractivity contribution in [2.24, 2.45) is 0 Å². The Labute approximate surface area is 108 Å². The number of hydrogen-bond acceptors (Lipinski definition) is 6. The SMILES string of the molecule is CNc1cc(NCC2CCCCN2C)nc(N)n1. The van der Waals surface area contributed by atoms with Gasteiger partial charge in [0, 0.05) is 25.7 Å². The summed E-state index contributed by atoms with van der Waals surface area (Å²) in [7, 11) is 4.00. The van der Waals surface area contributed by atoms with Crippen LogP contribution in [0.4, 0.5) is 17.6 Å². The Bertz CT molecular complexity index is 394. The normalized spacial score (nSPS) is 20.7. The van der Waals surface area contributed by atoms with E-state index in [1.165, 1.54) is 25.8 Å². The molecule has 1 unspecified atom stereocenters. The summed E-state index contributed by atoms with van der Waals surface area (Å²) in [4.78, 5) is 10.7. The van der Waals surface area contributed by atoms with Crippen molar-refractivity contribution in [1.82, 2.24) is 14.9 Å². The van der Waals surface area contributed by atoms with Crippen LogP contribution in [-0.2, 0) is 0 Å². The van der Waals surface area contributed by atoms with E-state index < -0.39 is 0 Å². The second kappa shape index (κ2) is 5.86. The summed E-state index contributed by atoms with van der Waals surface area (Å²) in [6, 6.07) is 2.45. The van der Waals surface area contributed by atoms with Crippen LogP contribution in [0.1, 0.15) is 19.3 Å². The van der Waals surface area contributed by atoms with Crippen molar-refractivity contribution in [1.29, 1.82) is 0 Å². The summed E-state index contributed by atoms with van der Waals surface area (Å²) in [5.41, 5.74) is 5.66. The van der Waals surface area contributed by atoms with Crippen LogP contribution in [0.3, 0.4) is 0 Å². The fourth-order valence-electron chi connectivity index (χ4n) is 2.31. The Morgan fingerprint density at radius 1 is 1.39 bits per heavy atom. The van der Waals surface area contributed by atoms with Gasteiger partial charge in [-0.15, -0.1) is 0 Å². The van der Waals surface area contributed by atoms with Gasteiger partial charge in [-0.1, -0.05) is 6.42 Å². The number of nitrogens with one attached hydrogen (secondary N) is 2. The zero-order chi connectivity index (χ0) is 13.0. The first-order chi connectivity index (χ1) is 8.69. The molecule has 100 valence electrons. The van der Waals surface area contributed by atoms with E-state index in [0.717, 1.165) is 18.2 Å². The lowest BCUT2D eigenvalue weighted by molar-refractivity contribution is 0.194. The van der Waals surface area contributed by atoms with Gasteiger partial charge < -0.3 is 21.3 Å². The molecule has 0 radical (unpaired) electrons. The average Bonchev–Trinajstić information content (AvgIpc) is 2.37. The summed E-state index contributed by atoms with van der Waals surface area (Å²) < 4.78 is 0. The molecule has 1 aliphatic heterocycles. The van der Waals surface area contributed by atoms with Crippen LogP contribution in [0.2, 0.25) is 0 Å². The van der Waals surface area contributed by atoms with Crippen molar-refractivity contribution in [2.45, 2.75) is 25.3 Å². The molecule has 1 aromatic rings. The Balaban J connectivity index is 1.94. The van der Waals surface area contributed by atoms with E-state index in [1.54, 1.807) is 0 Å². The van der Waals surface area contributed by atoms with Crippen molar-refractivity contribution in [3.05, 3.63) is 6.07 Å². The second-order valence-electron chi connectivity index (χ2n) is 4.76. The van der Waals surface area contributed by atoms with Crippen molar-refractivity contribution in [3.8, 4) is 0 Å². The number of hydrogen-bond donors (Lipinski definition) is 3. The maximum absolute atomic E-state index is 5.66. The molecule has 6 heteroatoms. The molecule has 6 nitrogen and oxygen atoms in total. The molecule has 2 heterocycles. The van der Waals surface area contributed by atoms with E-state index in [9.17, 15) is 0 Å². The van der Waals surface area contributed by atoms with Gasteiger partial charge >= 0.3 is 0 Å². The number of rotatable bonds is 4. The molecular formula is C12H22N6. The lowest BCUT2D eigenvalue weighted by atomic mass is 10.0. The van der Waals surface area contributed by atoms with Gasteiger partial charge in [0.25, 0.3) is 0 Å². The van der Waals surface area contributed by atoms with Gasteiger partial charge in [0.15, 0.2) is 0 Å². The smallest absolute Gasteiger partial charge is 0.223 e. The molecule has 0 saturated carbocycles. The van der Waals surface area contributed by atoms with Gasteiger partial charge in [-0.3, -0.25) is 0 Å². The summed E-state index contributed by atoms with van der Waals surface area (Å²) in [6.07, 6.45) is 3.85. The number of aromatic nitrogens is 2. The van der Waals surface area contributed by atoms with Crippen LogP contribution >= 0.6 is 0 Å². The lowest BCUT2D eigenvalue weighted by Gasteiger charge is -2.32. The van der Waals surface area contributed by atoms with E-state index >= 15 is 0 Å². The van der Waals surface area contributed by atoms with Crippen molar-refractivity contribution >= 4 is 17.6 Å². The number of nitrogen functional groups attached to an aromatic ring is 1. The minimum absolute atomic E-state index is 0.293. The number of likely N-dealkylation sites (tertiary alicyclic amines) is 1. The molecule has 18 heavy (non-hydrogen) atoms. The molecule has 1 fully saturated rings. The third-order valence-electron chi connectivity index (χ3n) is 3.44. The van der Waals surface area contributed by atoms with E-state index in [4.69, 9.17) is 5.73 Å². The first kappa shape index (κ1) is 12.9. The highest BCUT2D eigenvalue weighted by Crippen LogP contribution is 2.17. The van der Waals surface area contributed by atoms with Gasteiger partial charge in [-0.25, -0.2) is 0 Å². The Hall–Kier alpha value is -1.56. The number of likely N-dealkylation sites (N-methyl/N-ethyl adjacent to an activating group) is 1. The predicted octanol–water partition coefficient (Wildman–Crippen LogP) is 0.997. The van der Waals surface area contributed by atoms with Gasteiger partial charge in [-0.2, -0.15) is 9.97 Å². The summed E-state index contributed by atoms with van der Waals surface area (Å²) in [5.74, 6) is 1.81. The highest BCUT2D eigenvalue weighted by molar-refractivity contribution is 5.50. The fourth-order valence-corrected chi connectivity index (χ4v) is 2.31. The first-order valence-electron chi connectivity index (χ1n) is 6.45. The maximum atomic E-state index is 5.66. The Kier molecular flexibility index (Phi) is 4.19. The largest absolute Gasteiger partial charge is 0.373 e. The molecule has 0 aromatic carbocycles. The van der Waals surface area contributed by atoms with Crippen molar-refractivity contribution < 1.29 is 0 Å². The van der Waals surface area contributed by atoms with Gasteiger partial charge in [0.2, 0.25) is 5.95 Å². The van der Waals surface area contributed by atoms with E-state index in [-0.39, 0.29) is 0 Å². The minimum Gasteiger partial charge on any atom is -0.373 e. The molecule has 4 N–H and O–H groups in total. The fraction of sp³-hybridized carbons (Fsp3) is 0.667. The lowest BCUT2D eigenvalue weighted by Crippen LogP contribution is -2.40. The first-order valence-corrected chi connectivity index (χ1v) is 6.45. The zero-order valence-corrected chi connectivity index (χ0v) is 11.1. The Morgan fingerprint density at radius 3 is 2.89 bits per heavy atom. The minimum atomic E-state index is 0.293. The Morgan fingerprint density at radius 2 is 2.17 bits per heavy atom. The highest BCUT2D eigenvalue weighted by Gasteiger charge is 2.18. The molecule has 0 amide bonds. The molecular weight excluding hydrogens is 228 g/mol. The summed E-state index contributed by atoms with van der Waals surface area (Å²) in [6.45, 7) is 2.08. The number of nitrogens with zero attached hydrogens (tertiary/aromatic N) is 3. The monoisotopic (exact) mass is 250 g/mol. The topological polar surface area (TPSA) is 79.1 Å². The van der Waals surface area contributed by atoms with Crippen LogP contribution in [0, 0.1) is 0 Å². The van der Waals surface area contributed by atoms with Crippen LogP contribution < -0.4 is 16.4 Å². The standard InChI is InChI=1S/C12H22N6/c1-14-10-7-11(17-12(13)16-10)15-8-9-5-3-4-6-18(9)2/h7,9H,3-6,8H2,1-2H3,(H4,13,14,15,16,17). The van der Waals surface area contributed by atoms with Crippen molar-refractivity contribution in [2.75, 3.05) is 43.6 Å².